The van der Waals surface area contributed by atoms with Crippen molar-refractivity contribution in [3.8, 4) is 0 Å². The van der Waals surface area contributed by atoms with Crippen molar-refractivity contribution >= 4 is 30.3 Å². The Kier molecular flexibility index (Phi) is 5.14. The highest BCUT2D eigenvalue weighted by Gasteiger charge is 2.45. The van der Waals surface area contributed by atoms with Crippen LogP contribution in [0.25, 0.3) is 0 Å². The first kappa shape index (κ1) is 18.7. The zero-order valence-corrected chi connectivity index (χ0v) is 14.3. The van der Waals surface area contributed by atoms with Crippen LogP contribution in [0.5, 0.6) is 0 Å². The highest BCUT2D eigenvalue weighted by Crippen LogP contribution is 2.28. The molecule has 22 heavy (non-hydrogen) atoms. The zero-order valence-electron chi connectivity index (χ0n) is 13.5. The first-order valence-corrected chi connectivity index (χ1v) is 7.22. The van der Waals surface area contributed by atoms with Gasteiger partial charge in [0, 0.05) is 19.1 Å². The third-order valence-electron chi connectivity index (χ3n) is 4.40. The van der Waals surface area contributed by atoms with Crippen molar-refractivity contribution in [3.05, 3.63) is 0 Å². The van der Waals surface area contributed by atoms with Crippen LogP contribution in [0, 0.1) is 5.41 Å². The summed E-state index contributed by atoms with van der Waals surface area (Å²) in [5.41, 5.74) is 4.95. The predicted octanol–water partition coefficient (Wildman–Crippen LogP) is 0.324. The van der Waals surface area contributed by atoms with Gasteiger partial charge < -0.3 is 16.0 Å². The van der Waals surface area contributed by atoms with Crippen LogP contribution in [0.15, 0.2) is 0 Å². The molecule has 0 spiro atoms. The number of hydrogen-bond donors (Lipinski definition) is 2. The third-order valence-corrected chi connectivity index (χ3v) is 4.40. The molecule has 0 aromatic heterocycles. The van der Waals surface area contributed by atoms with Crippen molar-refractivity contribution < 1.29 is 14.4 Å². The van der Waals surface area contributed by atoms with Gasteiger partial charge in [0.25, 0.3) is 5.91 Å². The molecule has 0 radical (unpaired) electrons. The fourth-order valence-electron chi connectivity index (χ4n) is 2.78. The van der Waals surface area contributed by atoms with Gasteiger partial charge in [-0.05, 0) is 25.7 Å². The molecule has 2 aliphatic heterocycles. The maximum absolute atomic E-state index is 12.4. The van der Waals surface area contributed by atoms with Crippen LogP contribution < -0.4 is 11.1 Å². The number of carbonyl (C=O) groups excluding carboxylic acids is 3. The lowest BCUT2D eigenvalue weighted by Crippen LogP contribution is -2.56. The summed E-state index contributed by atoms with van der Waals surface area (Å²) >= 11 is 0. The number of likely N-dealkylation sites (tertiary alicyclic amines) is 1. The van der Waals surface area contributed by atoms with E-state index in [1.807, 2.05) is 13.8 Å². The molecular weight excluding hydrogens is 308 g/mol. The van der Waals surface area contributed by atoms with Crippen molar-refractivity contribution in [2.75, 3.05) is 19.6 Å². The lowest BCUT2D eigenvalue weighted by molar-refractivity contribution is -0.140. The SMILES string of the molecule is CC1(C)NC(=O)N(CC(=O)N2CCC(N)C(C)(C)C2)C1=O.Cl. The van der Waals surface area contributed by atoms with Crippen molar-refractivity contribution in [2.24, 2.45) is 11.1 Å². The molecule has 3 N–H and O–H groups in total. The molecule has 0 aliphatic carbocycles. The molecule has 2 fully saturated rings. The second-order valence-corrected chi connectivity index (χ2v) is 7.15. The molecule has 4 amide bonds. The standard InChI is InChI=1S/C14H24N4O3.ClH/c1-13(2)8-17(6-5-9(13)15)10(19)7-18-11(20)14(3,4)16-12(18)21;/h9H,5-8,15H2,1-4H3,(H,16,21);1H. The summed E-state index contributed by atoms with van der Waals surface area (Å²) in [5, 5.41) is 2.57. The minimum absolute atomic E-state index is 0. The van der Waals surface area contributed by atoms with E-state index >= 15 is 0 Å². The lowest BCUT2D eigenvalue weighted by Gasteiger charge is -2.42. The van der Waals surface area contributed by atoms with Crippen LogP contribution in [-0.4, -0.2) is 58.9 Å². The van der Waals surface area contributed by atoms with E-state index in [0.29, 0.717) is 13.1 Å². The molecule has 126 valence electrons. The number of urea groups is 1. The largest absolute Gasteiger partial charge is 0.340 e. The average molecular weight is 333 g/mol. The monoisotopic (exact) mass is 332 g/mol. The number of hydrogen-bond acceptors (Lipinski definition) is 4. The van der Waals surface area contributed by atoms with Gasteiger partial charge in [-0.3, -0.25) is 14.5 Å². The molecule has 7 nitrogen and oxygen atoms in total. The number of nitrogens with two attached hydrogens (primary N) is 1. The molecule has 2 saturated heterocycles. The van der Waals surface area contributed by atoms with Gasteiger partial charge in [-0.25, -0.2) is 4.79 Å². The molecular formula is C14H25ClN4O3. The molecule has 0 aromatic rings. The van der Waals surface area contributed by atoms with Gasteiger partial charge in [0.2, 0.25) is 5.91 Å². The van der Waals surface area contributed by atoms with Gasteiger partial charge >= 0.3 is 6.03 Å². The average Bonchev–Trinajstić information content (AvgIpc) is 2.54. The van der Waals surface area contributed by atoms with Gasteiger partial charge in [0.15, 0.2) is 0 Å². The Labute approximate surface area is 137 Å². The van der Waals surface area contributed by atoms with Crippen LogP contribution in [0.1, 0.15) is 34.1 Å². The summed E-state index contributed by atoms with van der Waals surface area (Å²) in [4.78, 5) is 38.9. The van der Waals surface area contributed by atoms with E-state index in [4.69, 9.17) is 5.73 Å². The Balaban J connectivity index is 0.00000242. The van der Waals surface area contributed by atoms with E-state index in [0.717, 1.165) is 11.3 Å². The Morgan fingerprint density at radius 1 is 1.32 bits per heavy atom. The van der Waals surface area contributed by atoms with Crippen LogP contribution >= 0.6 is 12.4 Å². The number of amides is 4. The van der Waals surface area contributed by atoms with Crippen LogP contribution in [-0.2, 0) is 9.59 Å². The minimum atomic E-state index is -0.944. The summed E-state index contributed by atoms with van der Waals surface area (Å²) in [5.74, 6) is -0.579. The summed E-state index contributed by atoms with van der Waals surface area (Å²) < 4.78 is 0. The molecule has 1 unspecified atom stereocenters. The molecule has 0 bridgehead atoms. The smallest absolute Gasteiger partial charge is 0.325 e. The van der Waals surface area contributed by atoms with Crippen LogP contribution in [0.4, 0.5) is 4.79 Å². The van der Waals surface area contributed by atoms with Gasteiger partial charge in [0.05, 0.1) is 0 Å². The van der Waals surface area contributed by atoms with E-state index in [1.54, 1.807) is 18.7 Å². The normalized spacial score (nSPS) is 26.5. The van der Waals surface area contributed by atoms with Gasteiger partial charge in [-0.15, -0.1) is 12.4 Å². The third kappa shape index (κ3) is 3.35. The van der Waals surface area contributed by atoms with Crippen molar-refractivity contribution in [2.45, 2.75) is 45.7 Å². The van der Waals surface area contributed by atoms with Gasteiger partial charge in [-0.2, -0.15) is 0 Å². The first-order valence-electron chi connectivity index (χ1n) is 7.22. The lowest BCUT2D eigenvalue weighted by atomic mass is 9.79. The Hall–Kier alpha value is -1.34. The number of halogens is 1. The molecule has 0 saturated carbocycles. The number of nitrogens with zero attached hydrogens (tertiary/aromatic N) is 2. The van der Waals surface area contributed by atoms with E-state index in [2.05, 4.69) is 5.32 Å². The zero-order chi connectivity index (χ0) is 16.0. The fraction of sp³-hybridized carbons (Fsp3) is 0.786. The van der Waals surface area contributed by atoms with Crippen molar-refractivity contribution in [3.63, 3.8) is 0 Å². The Morgan fingerprint density at radius 2 is 1.91 bits per heavy atom. The van der Waals surface area contributed by atoms with Gasteiger partial charge in [0.1, 0.15) is 12.1 Å². The molecule has 8 heteroatoms. The summed E-state index contributed by atoms with van der Waals surface area (Å²) in [6, 6.07) is -0.455. The fourth-order valence-corrected chi connectivity index (χ4v) is 2.78. The second kappa shape index (κ2) is 6.04. The number of piperidine rings is 1. The van der Waals surface area contributed by atoms with E-state index in [1.165, 1.54) is 0 Å². The highest BCUT2D eigenvalue weighted by atomic mass is 35.5. The summed E-state index contributed by atoms with van der Waals surface area (Å²) in [6.45, 7) is 8.19. The van der Waals surface area contributed by atoms with E-state index in [-0.39, 0.29) is 42.2 Å². The van der Waals surface area contributed by atoms with E-state index < -0.39 is 11.6 Å². The Morgan fingerprint density at radius 3 is 2.36 bits per heavy atom. The number of rotatable bonds is 2. The summed E-state index contributed by atoms with van der Waals surface area (Å²) in [6.07, 6.45) is 0.727. The molecule has 0 aromatic carbocycles. The summed E-state index contributed by atoms with van der Waals surface area (Å²) in [7, 11) is 0. The van der Waals surface area contributed by atoms with Crippen LogP contribution in [0.3, 0.4) is 0 Å². The number of carbonyl (C=O) groups is 3. The van der Waals surface area contributed by atoms with Crippen molar-refractivity contribution in [1.82, 2.24) is 15.1 Å². The Bertz CT molecular complexity index is 492. The van der Waals surface area contributed by atoms with E-state index in [9.17, 15) is 14.4 Å². The minimum Gasteiger partial charge on any atom is -0.340 e. The second-order valence-electron chi connectivity index (χ2n) is 7.15. The number of nitrogens with one attached hydrogen (secondary N) is 1. The molecule has 2 aliphatic rings. The molecule has 1 atom stereocenters. The maximum Gasteiger partial charge on any atom is 0.325 e. The predicted molar refractivity (Wildman–Crippen MR) is 84.5 cm³/mol. The molecule has 2 rings (SSSR count). The topological polar surface area (TPSA) is 95.7 Å². The quantitative estimate of drug-likeness (QED) is 0.712. The van der Waals surface area contributed by atoms with Crippen LogP contribution in [0.2, 0.25) is 0 Å². The molecule has 2 heterocycles. The highest BCUT2D eigenvalue weighted by molar-refractivity contribution is 6.08. The first-order chi connectivity index (χ1) is 9.54. The van der Waals surface area contributed by atoms with Crippen molar-refractivity contribution in [1.29, 1.82) is 0 Å². The maximum atomic E-state index is 12.4. The number of imide groups is 1. The van der Waals surface area contributed by atoms with Gasteiger partial charge in [-0.1, -0.05) is 13.8 Å².